The van der Waals surface area contributed by atoms with E-state index in [1.165, 1.54) is 24.3 Å². The van der Waals surface area contributed by atoms with Crippen molar-refractivity contribution in [2.24, 2.45) is 5.73 Å². The molecule has 14 heteroatoms. The molecule has 4 atom stereocenters. The molecule has 2 rings (SSSR count). The second kappa shape index (κ2) is 13.8. The van der Waals surface area contributed by atoms with Gasteiger partial charge in [-0.3, -0.25) is 24.0 Å². The van der Waals surface area contributed by atoms with E-state index in [4.69, 9.17) is 5.73 Å². The molecule has 0 aliphatic carbocycles. The number of aliphatic carboxylic acids is 2. The normalized spacial score (nSPS) is 17.1. The van der Waals surface area contributed by atoms with Gasteiger partial charge in [0, 0.05) is 12.8 Å². The lowest BCUT2D eigenvalue weighted by atomic mass is 10.0. The van der Waals surface area contributed by atoms with E-state index < -0.39 is 66.2 Å². The molecule has 0 saturated carbocycles. The number of carbonyl (C=O) groups is 6. The largest absolute Gasteiger partial charge is 0.508 e. The molecule has 14 nitrogen and oxygen atoms in total. The number of nitrogens with two attached hydrogens (primary N) is 1. The van der Waals surface area contributed by atoms with Gasteiger partial charge in [-0.1, -0.05) is 12.1 Å². The van der Waals surface area contributed by atoms with Gasteiger partial charge in [0.2, 0.25) is 23.6 Å². The van der Waals surface area contributed by atoms with E-state index in [2.05, 4.69) is 21.3 Å². The predicted octanol–water partition coefficient (Wildman–Crippen LogP) is -2.03. The third-order valence-corrected chi connectivity index (χ3v) is 5.69. The average Bonchev–Trinajstić information content (AvgIpc) is 3.36. The quantitative estimate of drug-likeness (QED) is 0.133. The van der Waals surface area contributed by atoms with Crippen molar-refractivity contribution < 1.29 is 44.1 Å². The second-order valence-electron chi connectivity index (χ2n) is 8.64. The van der Waals surface area contributed by atoms with Gasteiger partial charge in [0.15, 0.2) is 0 Å². The monoisotopic (exact) mass is 521 g/mol. The summed E-state index contributed by atoms with van der Waals surface area (Å²) in [6.45, 7) is 0.600. The zero-order chi connectivity index (χ0) is 27.5. The summed E-state index contributed by atoms with van der Waals surface area (Å²) in [5.74, 6) is -6.04. The number of carboxylic acids is 2. The number of phenolic OH excluding ortho intramolecular Hbond substituents is 1. The molecule has 0 radical (unpaired) electrons. The number of carbonyl (C=O) groups excluding carboxylic acids is 4. The number of benzene rings is 1. The summed E-state index contributed by atoms with van der Waals surface area (Å²) in [4.78, 5) is 72.5. The molecular formula is C23H31N5O9. The fourth-order valence-electron chi connectivity index (χ4n) is 3.73. The Balaban J connectivity index is 2.22. The second-order valence-corrected chi connectivity index (χ2v) is 8.64. The Kier molecular flexibility index (Phi) is 10.8. The van der Waals surface area contributed by atoms with E-state index in [0.29, 0.717) is 18.5 Å². The molecule has 0 aromatic heterocycles. The van der Waals surface area contributed by atoms with Crippen molar-refractivity contribution >= 4 is 35.6 Å². The Morgan fingerprint density at radius 3 is 2.11 bits per heavy atom. The minimum absolute atomic E-state index is 0.0454. The Hall–Kier alpha value is -4.20. The zero-order valence-corrected chi connectivity index (χ0v) is 19.9. The molecule has 1 aliphatic rings. The predicted molar refractivity (Wildman–Crippen MR) is 127 cm³/mol. The summed E-state index contributed by atoms with van der Waals surface area (Å²) < 4.78 is 0. The SMILES string of the molecule is NC(=O)CCC(NC(=O)C(Cc1ccc(O)cc1)NC(=O)C(CC(=O)O)NC(=O)C1CCCN1)C(=O)O. The van der Waals surface area contributed by atoms with Crippen molar-refractivity contribution in [2.75, 3.05) is 6.54 Å². The molecule has 1 heterocycles. The maximum Gasteiger partial charge on any atom is 0.326 e. The van der Waals surface area contributed by atoms with Crippen LogP contribution in [0.1, 0.15) is 37.7 Å². The van der Waals surface area contributed by atoms with Gasteiger partial charge < -0.3 is 42.3 Å². The lowest BCUT2D eigenvalue weighted by Gasteiger charge is -2.25. The highest BCUT2D eigenvalue weighted by atomic mass is 16.4. The first-order chi connectivity index (χ1) is 17.5. The molecule has 1 saturated heterocycles. The first-order valence-electron chi connectivity index (χ1n) is 11.6. The van der Waals surface area contributed by atoms with Gasteiger partial charge in [0.05, 0.1) is 12.5 Å². The van der Waals surface area contributed by atoms with Crippen molar-refractivity contribution in [1.29, 1.82) is 0 Å². The molecule has 4 unspecified atom stereocenters. The fourth-order valence-corrected chi connectivity index (χ4v) is 3.73. The van der Waals surface area contributed by atoms with Crippen LogP contribution in [0.15, 0.2) is 24.3 Å². The van der Waals surface area contributed by atoms with Gasteiger partial charge in [0.25, 0.3) is 0 Å². The molecule has 9 N–H and O–H groups in total. The molecule has 202 valence electrons. The van der Waals surface area contributed by atoms with E-state index >= 15 is 0 Å². The zero-order valence-electron chi connectivity index (χ0n) is 19.9. The number of aromatic hydroxyl groups is 1. The fraction of sp³-hybridized carbons (Fsp3) is 0.478. The smallest absolute Gasteiger partial charge is 0.326 e. The van der Waals surface area contributed by atoms with Crippen LogP contribution in [-0.2, 0) is 35.2 Å². The molecular weight excluding hydrogens is 490 g/mol. The molecule has 1 aromatic carbocycles. The number of hydrogen-bond acceptors (Lipinski definition) is 8. The summed E-state index contributed by atoms with van der Waals surface area (Å²) in [6, 6.07) is 0.696. The number of hydrogen-bond donors (Lipinski definition) is 8. The third kappa shape index (κ3) is 9.76. The van der Waals surface area contributed by atoms with Crippen LogP contribution in [0.2, 0.25) is 0 Å². The van der Waals surface area contributed by atoms with Crippen molar-refractivity contribution in [3.63, 3.8) is 0 Å². The highest BCUT2D eigenvalue weighted by Gasteiger charge is 2.32. The van der Waals surface area contributed by atoms with Gasteiger partial charge in [-0.25, -0.2) is 4.79 Å². The Labute approximate surface area is 212 Å². The number of nitrogens with one attached hydrogen (secondary N) is 4. The lowest BCUT2D eigenvalue weighted by Crippen LogP contribution is -2.58. The molecule has 1 aliphatic heterocycles. The van der Waals surface area contributed by atoms with Gasteiger partial charge in [-0.2, -0.15) is 0 Å². The van der Waals surface area contributed by atoms with Crippen molar-refractivity contribution in [2.45, 2.75) is 62.7 Å². The summed E-state index contributed by atoms with van der Waals surface area (Å²) in [7, 11) is 0. The van der Waals surface area contributed by atoms with Crippen LogP contribution in [0.5, 0.6) is 5.75 Å². The lowest BCUT2D eigenvalue weighted by molar-refractivity contribution is -0.143. The molecule has 1 fully saturated rings. The highest BCUT2D eigenvalue weighted by Crippen LogP contribution is 2.12. The Bertz CT molecular complexity index is 1010. The van der Waals surface area contributed by atoms with E-state index in [1.54, 1.807) is 0 Å². The van der Waals surface area contributed by atoms with Gasteiger partial charge in [-0.15, -0.1) is 0 Å². The van der Waals surface area contributed by atoms with Crippen LogP contribution in [0.4, 0.5) is 0 Å². The van der Waals surface area contributed by atoms with Gasteiger partial charge in [-0.05, 0) is 43.5 Å². The number of rotatable bonds is 14. The van der Waals surface area contributed by atoms with Crippen LogP contribution < -0.4 is 27.0 Å². The first kappa shape index (κ1) is 29.0. The van der Waals surface area contributed by atoms with Crippen LogP contribution in [-0.4, -0.2) is 81.6 Å². The summed E-state index contributed by atoms with van der Waals surface area (Å²) >= 11 is 0. The first-order valence-corrected chi connectivity index (χ1v) is 11.6. The summed E-state index contributed by atoms with van der Waals surface area (Å²) in [6.07, 6.45) is -0.257. The summed E-state index contributed by atoms with van der Waals surface area (Å²) in [5, 5.41) is 38.1. The number of primary amides is 1. The van der Waals surface area contributed by atoms with E-state index in [1.807, 2.05) is 0 Å². The van der Waals surface area contributed by atoms with Crippen molar-refractivity contribution in [3.05, 3.63) is 29.8 Å². The van der Waals surface area contributed by atoms with Crippen LogP contribution in [0, 0.1) is 0 Å². The Morgan fingerprint density at radius 2 is 1.57 bits per heavy atom. The number of carboxylic acid groups (broad SMARTS) is 2. The molecule has 4 amide bonds. The average molecular weight is 522 g/mol. The van der Waals surface area contributed by atoms with Gasteiger partial charge >= 0.3 is 11.9 Å². The standard InChI is InChI=1S/C23H31N5O9/c24-18(30)8-7-15(23(36)37)26-21(34)16(10-12-3-5-13(29)6-4-12)27-22(35)17(11-19(31)32)28-20(33)14-2-1-9-25-14/h3-6,14-17,25,29H,1-2,7-11H2,(H2,24,30)(H,26,34)(H,27,35)(H,28,33)(H,31,32)(H,36,37). The van der Waals surface area contributed by atoms with Crippen LogP contribution in [0.25, 0.3) is 0 Å². The van der Waals surface area contributed by atoms with Crippen molar-refractivity contribution in [1.82, 2.24) is 21.3 Å². The highest BCUT2D eigenvalue weighted by molar-refractivity contribution is 5.95. The molecule has 37 heavy (non-hydrogen) atoms. The van der Waals surface area contributed by atoms with E-state index in [-0.39, 0.29) is 25.0 Å². The minimum Gasteiger partial charge on any atom is -0.508 e. The topological polar surface area (TPSA) is 237 Å². The number of phenols is 1. The third-order valence-electron chi connectivity index (χ3n) is 5.69. The Morgan fingerprint density at radius 1 is 0.946 bits per heavy atom. The molecule has 1 aromatic rings. The van der Waals surface area contributed by atoms with E-state index in [9.17, 15) is 44.1 Å². The van der Waals surface area contributed by atoms with Crippen molar-refractivity contribution in [3.8, 4) is 5.75 Å². The number of amides is 4. The van der Waals surface area contributed by atoms with E-state index in [0.717, 1.165) is 6.42 Å². The molecule has 0 bridgehead atoms. The van der Waals surface area contributed by atoms with Crippen LogP contribution in [0.3, 0.4) is 0 Å². The maximum absolute atomic E-state index is 13.0. The molecule has 0 spiro atoms. The van der Waals surface area contributed by atoms with Gasteiger partial charge in [0.1, 0.15) is 23.9 Å². The van der Waals surface area contributed by atoms with Crippen LogP contribution >= 0.6 is 0 Å². The maximum atomic E-state index is 13.0. The summed E-state index contributed by atoms with van der Waals surface area (Å²) in [5.41, 5.74) is 5.54. The minimum atomic E-state index is -1.51.